The van der Waals surface area contributed by atoms with Gasteiger partial charge in [0, 0.05) is 22.9 Å². The standard InChI is InChI=1S/C25H28N2O7S/c1-5-35(29,30)27-22-12-8-19(26-25(28)17-6-9-20(31-2)10-7-17)15-24(22)34-16-18-14-21(32-3)11-13-23(18)33-4/h6-15,27H,5,16H2,1-4H3,(H,26,28). The van der Waals surface area contributed by atoms with Gasteiger partial charge in [-0.05, 0) is 61.5 Å². The SMILES string of the molecule is CCS(=O)(=O)Nc1ccc(NC(=O)c2ccc(OC)cc2)cc1OCc1cc(OC)ccc1OC. The molecule has 3 aromatic carbocycles. The van der Waals surface area contributed by atoms with Crippen LogP contribution in [-0.4, -0.2) is 41.4 Å². The number of rotatable bonds is 11. The zero-order valence-corrected chi connectivity index (χ0v) is 20.8. The molecule has 0 aromatic heterocycles. The van der Waals surface area contributed by atoms with Crippen LogP contribution in [0.4, 0.5) is 11.4 Å². The number of carbonyl (C=O) groups is 1. The maximum Gasteiger partial charge on any atom is 0.255 e. The van der Waals surface area contributed by atoms with Gasteiger partial charge in [0.15, 0.2) is 0 Å². The molecule has 3 rings (SSSR count). The monoisotopic (exact) mass is 500 g/mol. The van der Waals surface area contributed by atoms with E-state index in [0.717, 1.165) is 0 Å². The third kappa shape index (κ3) is 6.80. The lowest BCUT2D eigenvalue weighted by Gasteiger charge is -2.16. The second-order valence-corrected chi connectivity index (χ2v) is 9.38. The summed E-state index contributed by atoms with van der Waals surface area (Å²) < 4.78 is 48.7. The molecule has 0 bridgehead atoms. The van der Waals surface area contributed by atoms with E-state index in [0.29, 0.717) is 34.1 Å². The first-order chi connectivity index (χ1) is 16.8. The summed E-state index contributed by atoms with van der Waals surface area (Å²) in [5, 5.41) is 2.80. The highest BCUT2D eigenvalue weighted by atomic mass is 32.2. The molecule has 2 N–H and O–H groups in total. The zero-order valence-electron chi connectivity index (χ0n) is 20.0. The minimum absolute atomic E-state index is 0.0666. The van der Waals surface area contributed by atoms with E-state index >= 15 is 0 Å². The molecular weight excluding hydrogens is 472 g/mol. The first-order valence-corrected chi connectivity index (χ1v) is 12.4. The summed E-state index contributed by atoms with van der Waals surface area (Å²) in [5.41, 5.74) is 1.81. The Kier molecular flexibility index (Phi) is 8.43. The summed E-state index contributed by atoms with van der Waals surface area (Å²) in [6, 6.07) is 16.6. The van der Waals surface area contributed by atoms with Crippen molar-refractivity contribution < 1.29 is 32.2 Å². The number of ether oxygens (including phenoxy) is 4. The second-order valence-electron chi connectivity index (χ2n) is 7.37. The lowest BCUT2D eigenvalue weighted by Crippen LogP contribution is -2.16. The third-order valence-electron chi connectivity index (χ3n) is 5.11. The van der Waals surface area contributed by atoms with Crippen LogP contribution < -0.4 is 29.0 Å². The van der Waals surface area contributed by atoms with Crippen molar-refractivity contribution in [2.75, 3.05) is 37.1 Å². The summed E-state index contributed by atoms with van der Waals surface area (Å²) in [6.45, 7) is 1.60. The molecule has 3 aromatic rings. The van der Waals surface area contributed by atoms with E-state index in [9.17, 15) is 13.2 Å². The lowest BCUT2D eigenvalue weighted by molar-refractivity contribution is 0.102. The Morgan fingerprint density at radius 2 is 1.51 bits per heavy atom. The molecule has 9 nitrogen and oxygen atoms in total. The molecule has 0 spiro atoms. The number of nitrogens with one attached hydrogen (secondary N) is 2. The Bertz CT molecular complexity index is 1280. The van der Waals surface area contributed by atoms with Gasteiger partial charge < -0.3 is 24.3 Å². The van der Waals surface area contributed by atoms with Gasteiger partial charge in [-0.2, -0.15) is 0 Å². The highest BCUT2D eigenvalue weighted by Gasteiger charge is 2.15. The Morgan fingerprint density at radius 1 is 0.829 bits per heavy atom. The van der Waals surface area contributed by atoms with Gasteiger partial charge in [0.25, 0.3) is 5.91 Å². The summed E-state index contributed by atoms with van der Waals surface area (Å²) in [4.78, 5) is 12.7. The maximum atomic E-state index is 12.7. The third-order valence-corrected chi connectivity index (χ3v) is 6.40. The summed E-state index contributed by atoms with van der Waals surface area (Å²) in [7, 11) is 1.08. The molecule has 186 valence electrons. The molecule has 0 saturated heterocycles. The molecule has 10 heteroatoms. The molecule has 35 heavy (non-hydrogen) atoms. The van der Waals surface area contributed by atoms with Crippen LogP contribution in [0.2, 0.25) is 0 Å². The van der Waals surface area contributed by atoms with Gasteiger partial charge in [0.2, 0.25) is 10.0 Å². The Hall–Kier alpha value is -3.92. The van der Waals surface area contributed by atoms with Crippen molar-refractivity contribution in [2.24, 2.45) is 0 Å². The highest BCUT2D eigenvalue weighted by Crippen LogP contribution is 2.32. The number of methoxy groups -OCH3 is 3. The second kappa shape index (κ2) is 11.5. The van der Waals surface area contributed by atoms with Gasteiger partial charge in [-0.3, -0.25) is 9.52 Å². The van der Waals surface area contributed by atoms with E-state index in [-0.39, 0.29) is 29.7 Å². The van der Waals surface area contributed by atoms with Gasteiger partial charge in [-0.25, -0.2) is 8.42 Å². The van der Waals surface area contributed by atoms with Gasteiger partial charge in [0.05, 0.1) is 32.8 Å². The van der Waals surface area contributed by atoms with Crippen LogP contribution in [0.25, 0.3) is 0 Å². The summed E-state index contributed by atoms with van der Waals surface area (Å²) in [6.07, 6.45) is 0. The normalized spacial score (nSPS) is 10.9. The number of benzene rings is 3. The fourth-order valence-electron chi connectivity index (χ4n) is 3.14. The van der Waals surface area contributed by atoms with Crippen molar-refractivity contribution in [3.63, 3.8) is 0 Å². The number of hydrogen-bond acceptors (Lipinski definition) is 7. The summed E-state index contributed by atoms with van der Waals surface area (Å²) >= 11 is 0. The van der Waals surface area contributed by atoms with Crippen molar-refractivity contribution in [1.82, 2.24) is 0 Å². The lowest BCUT2D eigenvalue weighted by atomic mass is 10.2. The van der Waals surface area contributed by atoms with E-state index < -0.39 is 10.0 Å². The van der Waals surface area contributed by atoms with Crippen molar-refractivity contribution in [3.05, 3.63) is 71.8 Å². The van der Waals surface area contributed by atoms with Crippen LogP contribution in [0.5, 0.6) is 23.0 Å². The van der Waals surface area contributed by atoms with Crippen LogP contribution in [0, 0.1) is 0 Å². The van der Waals surface area contributed by atoms with Gasteiger partial charge in [0.1, 0.15) is 29.6 Å². The minimum Gasteiger partial charge on any atom is -0.497 e. The molecule has 0 aliphatic heterocycles. The Morgan fingerprint density at radius 3 is 2.14 bits per heavy atom. The Labute approximate surface area is 205 Å². The van der Waals surface area contributed by atoms with E-state index in [4.69, 9.17) is 18.9 Å². The molecule has 0 unspecified atom stereocenters. The molecule has 0 aliphatic carbocycles. The van der Waals surface area contributed by atoms with Crippen LogP contribution >= 0.6 is 0 Å². The zero-order chi connectivity index (χ0) is 25.4. The smallest absolute Gasteiger partial charge is 0.255 e. The maximum absolute atomic E-state index is 12.7. The largest absolute Gasteiger partial charge is 0.497 e. The molecule has 0 aliphatic rings. The van der Waals surface area contributed by atoms with Crippen molar-refractivity contribution in [1.29, 1.82) is 0 Å². The summed E-state index contributed by atoms with van der Waals surface area (Å²) in [5.74, 6) is 1.64. The minimum atomic E-state index is -3.56. The van der Waals surface area contributed by atoms with Crippen molar-refractivity contribution >= 4 is 27.3 Å². The van der Waals surface area contributed by atoms with E-state index in [2.05, 4.69) is 10.0 Å². The highest BCUT2D eigenvalue weighted by molar-refractivity contribution is 7.92. The van der Waals surface area contributed by atoms with Crippen LogP contribution in [0.15, 0.2) is 60.7 Å². The predicted molar refractivity (Wildman–Crippen MR) is 134 cm³/mol. The van der Waals surface area contributed by atoms with Gasteiger partial charge >= 0.3 is 0 Å². The number of amides is 1. The number of sulfonamides is 1. The average molecular weight is 501 g/mol. The van der Waals surface area contributed by atoms with Crippen molar-refractivity contribution in [2.45, 2.75) is 13.5 Å². The van der Waals surface area contributed by atoms with Gasteiger partial charge in [-0.15, -0.1) is 0 Å². The van der Waals surface area contributed by atoms with Crippen LogP contribution in [-0.2, 0) is 16.6 Å². The molecule has 0 atom stereocenters. The fourth-order valence-corrected chi connectivity index (χ4v) is 3.79. The first-order valence-electron chi connectivity index (χ1n) is 10.7. The topological polar surface area (TPSA) is 112 Å². The molecule has 0 saturated carbocycles. The molecule has 0 fully saturated rings. The van der Waals surface area contributed by atoms with Crippen molar-refractivity contribution in [3.8, 4) is 23.0 Å². The average Bonchev–Trinajstić information content (AvgIpc) is 2.88. The van der Waals surface area contributed by atoms with E-state index in [1.165, 1.54) is 13.0 Å². The number of carbonyl (C=O) groups excluding carboxylic acids is 1. The fraction of sp³-hybridized carbons (Fsp3) is 0.240. The predicted octanol–water partition coefficient (Wildman–Crippen LogP) is 4.31. The Balaban J connectivity index is 1.88. The van der Waals surface area contributed by atoms with E-state index in [1.807, 2.05) is 0 Å². The molecular formula is C25H28N2O7S. The van der Waals surface area contributed by atoms with Crippen LogP contribution in [0.3, 0.4) is 0 Å². The molecule has 0 radical (unpaired) electrons. The number of anilines is 2. The quantitative estimate of drug-likeness (QED) is 0.404. The van der Waals surface area contributed by atoms with Crippen LogP contribution in [0.1, 0.15) is 22.8 Å². The van der Waals surface area contributed by atoms with E-state index in [1.54, 1.807) is 75.9 Å². The first kappa shape index (κ1) is 25.7. The number of hydrogen-bond donors (Lipinski definition) is 2. The van der Waals surface area contributed by atoms with Gasteiger partial charge in [-0.1, -0.05) is 0 Å². The molecule has 0 heterocycles. The molecule has 1 amide bonds.